The molecule has 0 bridgehead atoms. The maximum atomic E-state index is 10.8. The fraction of sp³-hybridized carbons (Fsp3) is 0.500. The van der Waals surface area contributed by atoms with Gasteiger partial charge in [-0.1, -0.05) is 6.58 Å². The zero-order valence-corrected chi connectivity index (χ0v) is 7.10. The normalized spacial score (nSPS) is 11.8. The van der Waals surface area contributed by atoms with E-state index >= 15 is 0 Å². The van der Waals surface area contributed by atoms with E-state index in [1.807, 2.05) is 0 Å². The van der Waals surface area contributed by atoms with Crippen LogP contribution in [0.5, 0.6) is 0 Å². The predicted molar refractivity (Wildman–Crippen MR) is 43.9 cm³/mol. The molecule has 0 aromatic rings. The number of carbonyl (C=O) groups excluding carboxylic acids is 2. The summed E-state index contributed by atoms with van der Waals surface area (Å²) in [5.74, 6) is -1.18. The molecule has 2 N–H and O–H groups in total. The summed E-state index contributed by atoms with van der Waals surface area (Å²) >= 11 is 0. The van der Waals surface area contributed by atoms with E-state index < -0.39 is 24.5 Å². The lowest BCUT2D eigenvalue weighted by atomic mass is 10.2. The number of Topliss-reactive ketones (excluding diaryl/α,β-unsaturated/α-hetero) is 1. The number of aliphatic hydroxyl groups excluding tert-OH is 2. The van der Waals surface area contributed by atoms with Gasteiger partial charge >= 0.3 is 5.97 Å². The van der Waals surface area contributed by atoms with Gasteiger partial charge in [0.15, 0.2) is 5.78 Å². The van der Waals surface area contributed by atoms with E-state index in [0.717, 1.165) is 6.08 Å². The molecule has 0 aliphatic carbocycles. The lowest BCUT2D eigenvalue weighted by Crippen LogP contribution is -2.25. The molecule has 13 heavy (non-hydrogen) atoms. The number of aliphatic hydroxyl groups is 2. The van der Waals surface area contributed by atoms with Crippen LogP contribution in [0.3, 0.4) is 0 Å². The highest BCUT2D eigenvalue weighted by Crippen LogP contribution is 1.92. The Morgan fingerprint density at radius 2 is 2.15 bits per heavy atom. The highest BCUT2D eigenvalue weighted by molar-refractivity contribution is 5.84. The Kier molecular flexibility index (Phi) is 5.75. The lowest BCUT2D eigenvalue weighted by Gasteiger charge is -2.05. The first-order chi connectivity index (χ1) is 6.11. The first-order valence-electron chi connectivity index (χ1n) is 3.72. The zero-order chi connectivity index (χ0) is 10.3. The number of rotatable bonds is 6. The molecule has 0 radical (unpaired) electrons. The minimum Gasteiger partial charge on any atom is -0.462 e. The number of hydrogen-bond acceptors (Lipinski definition) is 5. The second-order valence-corrected chi connectivity index (χ2v) is 2.29. The molecule has 1 atom stereocenters. The minimum atomic E-state index is -1.39. The maximum absolute atomic E-state index is 10.8. The Bertz CT molecular complexity index is 199. The molecule has 0 aromatic heterocycles. The van der Waals surface area contributed by atoms with Crippen molar-refractivity contribution >= 4 is 11.8 Å². The molecule has 0 fully saturated rings. The number of carbonyl (C=O) groups is 2. The van der Waals surface area contributed by atoms with E-state index in [-0.39, 0.29) is 13.0 Å². The molecular weight excluding hydrogens is 176 g/mol. The molecule has 0 saturated carbocycles. The summed E-state index contributed by atoms with van der Waals surface area (Å²) in [5.41, 5.74) is 0. The van der Waals surface area contributed by atoms with Crippen molar-refractivity contribution in [2.45, 2.75) is 12.5 Å². The fourth-order valence-corrected chi connectivity index (χ4v) is 0.580. The number of hydrogen-bond donors (Lipinski definition) is 2. The van der Waals surface area contributed by atoms with E-state index in [1.165, 1.54) is 0 Å². The molecule has 5 nitrogen and oxygen atoms in total. The monoisotopic (exact) mass is 188 g/mol. The summed E-state index contributed by atoms with van der Waals surface area (Å²) in [6.07, 6.45) is -0.517. The molecule has 1 unspecified atom stereocenters. The highest BCUT2D eigenvalue weighted by atomic mass is 16.5. The Balaban J connectivity index is 3.59. The van der Waals surface area contributed by atoms with Crippen LogP contribution in [-0.2, 0) is 14.3 Å². The third-order valence-corrected chi connectivity index (χ3v) is 1.30. The van der Waals surface area contributed by atoms with Gasteiger partial charge < -0.3 is 14.9 Å². The van der Waals surface area contributed by atoms with Gasteiger partial charge in [0.05, 0.1) is 13.2 Å². The van der Waals surface area contributed by atoms with Crippen molar-refractivity contribution in [3.63, 3.8) is 0 Å². The standard InChI is InChI=1S/C8H12O5/c1-2-8(12)13-4-3-6(10)7(11)5-9/h2,7,9,11H,1,3-5H2. The predicted octanol–water partition coefficient (Wildman–Crippen LogP) is -0.972. The summed E-state index contributed by atoms with van der Waals surface area (Å²) < 4.78 is 4.49. The van der Waals surface area contributed by atoms with Gasteiger partial charge in [-0.3, -0.25) is 4.79 Å². The van der Waals surface area contributed by atoms with Crippen LogP contribution in [0.4, 0.5) is 0 Å². The van der Waals surface area contributed by atoms with Gasteiger partial charge in [-0.25, -0.2) is 4.79 Å². The SMILES string of the molecule is C=CC(=O)OCCC(=O)C(O)CO. The van der Waals surface area contributed by atoms with Gasteiger partial charge in [0, 0.05) is 12.5 Å². The van der Waals surface area contributed by atoms with Gasteiger partial charge in [0.1, 0.15) is 6.10 Å². The summed E-state index contributed by atoms with van der Waals surface area (Å²) in [7, 11) is 0. The topological polar surface area (TPSA) is 83.8 Å². The zero-order valence-electron chi connectivity index (χ0n) is 7.10. The molecule has 0 aromatic carbocycles. The molecule has 0 aliphatic rings. The van der Waals surface area contributed by atoms with Gasteiger partial charge in [-0.15, -0.1) is 0 Å². The van der Waals surface area contributed by atoms with Crippen LogP contribution in [0.1, 0.15) is 6.42 Å². The van der Waals surface area contributed by atoms with Crippen LogP contribution in [0.25, 0.3) is 0 Å². The Labute approximate surface area is 75.6 Å². The van der Waals surface area contributed by atoms with Gasteiger partial charge in [-0.05, 0) is 0 Å². The van der Waals surface area contributed by atoms with E-state index in [9.17, 15) is 9.59 Å². The molecule has 0 rings (SSSR count). The van der Waals surface area contributed by atoms with Crippen molar-refractivity contribution in [2.75, 3.05) is 13.2 Å². The Morgan fingerprint density at radius 3 is 2.62 bits per heavy atom. The summed E-state index contributed by atoms with van der Waals surface area (Å²) in [6.45, 7) is 2.43. The number of esters is 1. The van der Waals surface area contributed by atoms with Crippen molar-refractivity contribution in [1.29, 1.82) is 0 Å². The summed E-state index contributed by atoms with van der Waals surface area (Å²) in [4.78, 5) is 21.3. The average Bonchev–Trinajstić information content (AvgIpc) is 2.15. The van der Waals surface area contributed by atoms with Crippen LogP contribution in [0, 0.1) is 0 Å². The third kappa shape index (κ3) is 5.10. The van der Waals surface area contributed by atoms with Gasteiger partial charge in [0.2, 0.25) is 0 Å². The lowest BCUT2D eigenvalue weighted by molar-refractivity contribution is -0.139. The number of ketones is 1. The van der Waals surface area contributed by atoms with Crippen molar-refractivity contribution in [2.24, 2.45) is 0 Å². The smallest absolute Gasteiger partial charge is 0.330 e. The van der Waals surface area contributed by atoms with Crippen molar-refractivity contribution < 1.29 is 24.5 Å². The second-order valence-electron chi connectivity index (χ2n) is 2.29. The first kappa shape index (κ1) is 11.8. The quantitative estimate of drug-likeness (QED) is 0.414. The maximum Gasteiger partial charge on any atom is 0.330 e. The molecule has 0 aliphatic heterocycles. The minimum absolute atomic E-state index is 0.110. The van der Waals surface area contributed by atoms with Crippen LogP contribution >= 0.6 is 0 Å². The summed E-state index contributed by atoms with van der Waals surface area (Å²) in [6, 6.07) is 0. The van der Waals surface area contributed by atoms with E-state index in [2.05, 4.69) is 11.3 Å². The Hall–Kier alpha value is -1.20. The third-order valence-electron chi connectivity index (χ3n) is 1.30. The molecule has 74 valence electrons. The van der Waals surface area contributed by atoms with E-state index in [0.29, 0.717) is 0 Å². The molecular formula is C8H12O5. The van der Waals surface area contributed by atoms with Crippen LogP contribution < -0.4 is 0 Å². The Morgan fingerprint density at radius 1 is 1.54 bits per heavy atom. The molecule has 5 heteroatoms. The molecule has 0 amide bonds. The fourth-order valence-electron chi connectivity index (χ4n) is 0.580. The average molecular weight is 188 g/mol. The van der Waals surface area contributed by atoms with Gasteiger partial charge in [0.25, 0.3) is 0 Å². The van der Waals surface area contributed by atoms with E-state index in [4.69, 9.17) is 10.2 Å². The molecule has 0 spiro atoms. The molecule has 0 heterocycles. The van der Waals surface area contributed by atoms with Crippen LogP contribution in [-0.4, -0.2) is 41.3 Å². The molecule has 0 saturated heterocycles. The van der Waals surface area contributed by atoms with Crippen molar-refractivity contribution in [1.82, 2.24) is 0 Å². The van der Waals surface area contributed by atoms with Crippen molar-refractivity contribution in [3.05, 3.63) is 12.7 Å². The van der Waals surface area contributed by atoms with Crippen LogP contribution in [0.15, 0.2) is 12.7 Å². The first-order valence-corrected chi connectivity index (χ1v) is 3.72. The van der Waals surface area contributed by atoms with E-state index in [1.54, 1.807) is 0 Å². The summed E-state index contributed by atoms with van der Waals surface area (Å²) in [5, 5.41) is 17.2. The van der Waals surface area contributed by atoms with Crippen molar-refractivity contribution in [3.8, 4) is 0 Å². The number of ether oxygens (including phenoxy) is 1. The van der Waals surface area contributed by atoms with Gasteiger partial charge in [-0.2, -0.15) is 0 Å². The highest BCUT2D eigenvalue weighted by Gasteiger charge is 2.13. The van der Waals surface area contributed by atoms with Crippen LogP contribution in [0.2, 0.25) is 0 Å². The largest absolute Gasteiger partial charge is 0.462 e. The second kappa shape index (κ2) is 6.33.